The van der Waals surface area contributed by atoms with E-state index in [0.717, 1.165) is 19.4 Å². The van der Waals surface area contributed by atoms with Gasteiger partial charge in [-0.1, -0.05) is 13.8 Å². The van der Waals surface area contributed by atoms with E-state index in [9.17, 15) is 9.90 Å². The first kappa shape index (κ1) is 14.7. The average Bonchev–Trinajstić information content (AvgIpc) is 2.23. The van der Waals surface area contributed by atoms with Gasteiger partial charge in [0.05, 0.1) is 6.61 Å². The summed E-state index contributed by atoms with van der Waals surface area (Å²) < 4.78 is 0. The Bertz CT molecular complexity index is 284. The van der Waals surface area contributed by atoms with Crippen LogP contribution in [0, 0.1) is 11.3 Å². The molecule has 1 unspecified atom stereocenters. The Kier molecular flexibility index (Phi) is 4.37. The number of hydrogen-bond acceptors (Lipinski definition) is 3. The molecule has 3 nitrogen and oxygen atoms in total. The van der Waals surface area contributed by atoms with Crippen molar-refractivity contribution >= 4 is 5.78 Å². The fourth-order valence-corrected chi connectivity index (χ4v) is 2.41. The van der Waals surface area contributed by atoms with E-state index in [4.69, 9.17) is 0 Å². The second-order valence-corrected chi connectivity index (χ2v) is 6.88. The molecule has 0 aromatic heterocycles. The van der Waals surface area contributed by atoms with Crippen LogP contribution < -0.4 is 0 Å². The zero-order chi connectivity index (χ0) is 13.3. The second-order valence-electron chi connectivity index (χ2n) is 6.88. The van der Waals surface area contributed by atoms with Crippen LogP contribution in [0.15, 0.2) is 0 Å². The highest BCUT2D eigenvalue weighted by Crippen LogP contribution is 2.37. The summed E-state index contributed by atoms with van der Waals surface area (Å²) in [5, 5.41) is 9.34. The Morgan fingerprint density at radius 1 is 1.47 bits per heavy atom. The molecule has 1 aliphatic carbocycles. The lowest BCUT2D eigenvalue weighted by Crippen LogP contribution is -2.48. The van der Waals surface area contributed by atoms with E-state index in [1.807, 2.05) is 20.9 Å². The molecule has 1 rings (SSSR count). The summed E-state index contributed by atoms with van der Waals surface area (Å²) in [5.74, 6) is 0.527. The van der Waals surface area contributed by atoms with Gasteiger partial charge in [0.25, 0.3) is 0 Å². The molecular weight excluding hydrogens is 214 g/mol. The summed E-state index contributed by atoms with van der Waals surface area (Å²) >= 11 is 0. The van der Waals surface area contributed by atoms with E-state index in [2.05, 4.69) is 18.7 Å². The molecule has 0 amide bonds. The Morgan fingerprint density at radius 3 is 2.59 bits per heavy atom. The van der Waals surface area contributed by atoms with E-state index in [1.165, 1.54) is 0 Å². The molecule has 0 aromatic carbocycles. The minimum Gasteiger partial charge on any atom is -0.394 e. The third-order valence-electron chi connectivity index (χ3n) is 4.22. The van der Waals surface area contributed by atoms with Crippen molar-refractivity contribution in [3.05, 3.63) is 0 Å². The first-order valence-corrected chi connectivity index (χ1v) is 6.53. The molecule has 0 heterocycles. The fraction of sp³-hybridized carbons (Fsp3) is 0.929. The van der Waals surface area contributed by atoms with Gasteiger partial charge in [0.15, 0.2) is 0 Å². The topological polar surface area (TPSA) is 40.5 Å². The van der Waals surface area contributed by atoms with Crippen LogP contribution in [0.4, 0.5) is 0 Å². The number of carbonyl (C=O) groups excluding carboxylic acids is 1. The van der Waals surface area contributed by atoms with Gasteiger partial charge in [-0.05, 0) is 39.2 Å². The van der Waals surface area contributed by atoms with Crippen LogP contribution in [0.3, 0.4) is 0 Å². The molecule has 0 radical (unpaired) electrons. The molecule has 0 bridgehead atoms. The summed E-state index contributed by atoms with van der Waals surface area (Å²) in [6, 6.07) is 0. The lowest BCUT2D eigenvalue weighted by atomic mass is 9.71. The monoisotopic (exact) mass is 241 g/mol. The molecule has 0 aliphatic heterocycles. The van der Waals surface area contributed by atoms with Crippen LogP contribution in [0.25, 0.3) is 0 Å². The van der Waals surface area contributed by atoms with Gasteiger partial charge in [-0.3, -0.25) is 9.69 Å². The maximum atomic E-state index is 11.9. The molecule has 1 aliphatic rings. The lowest BCUT2D eigenvalue weighted by molar-refractivity contribution is -0.128. The number of nitrogens with zero attached hydrogens (tertiary/aromatic N) is 1. The van der Waals surface area contributed by atoms with Crippen molar-refractivity contribution in [1.29, 1.82) is 0 Å². The van der Waals surface area contributed by atoms with E-state index >= 15 is 0 Å². The molecule has 0 aromatic rings. The van der Waals surface area contributed by atoms with Gasteiger partial charge in [0.2, 0.25) is 0 Å². The van der Waals surface area contributed by atoms with Crippen molar-refractivity contribution in [2.75, 3.05) is 20.2 Å². The fourth-order valence-electron chi connectivity index (χ4n) is 2.41. The van der Waals surface area contributed by atoms with Crippen molar-refractivity contribution in [2.45, 2.75) is 52.5 Å². The van der Waals surface area contributed by atoms with Crippen molar-refractivity contribution < 1.29 is 9.90 Å². The summed E-state index contributed by atoms with van der Waals surface area (Å²) in [6.45, 7) is 9.37. The van der Waals surface area contributed by atoms with Crippen LogP contribution in [0.1, 0.15) is 47.0 Å². The van der Waals surface area contributed by atoms with Gasteiger partial charge in [0, 0.05) is 24.4 Å². The highest BCUT2D eigenvalue weighted by Gasteiger charge is 2.35. The normalized spacial score (nSPS) is 25.4. The smallest absolute Gasteiger partial charge is 0.137 e. The summed E-state index contributed by atoms with van der Waals surface area (Å²) in [4.78, 5) is 14.1. The standard InChI is InChI=1S/C14H27NO2/c1-13(2)7-6-12(17)11(8-13)9-15(5)14(3,4)10-16/h11,16H,6-10H2,1-5H3. The molecule has 1 saturated carbocycles. The molecule has 1 fully saturated rings. The van der Waals surface area contributed by atoms with Crippen molar-refractivity contribution in [2.24, 2.45) is 11.3 Å². The minimum absolute atomic E-state index is 0.119. The molecule has 0 saturated heterocycles. The first-order chi connectivity index (χ1) is 7.68. The van der Waals surface area contributed by atoms with Gasteiger partial charge < -0.3 is 5.11 Å². The SMILES string of the molecule is CN(CC1CC(C)(C)CCC1=O)C(C)(C)CO. The predicted octanol–water partition coefficient (Wildman–Crippen LogP) is 2.08. The zero-order valence-electron chi connectivity index (χ0n) is 11.9. The van der Waals surface area contributed by atoms with E-state index in [0.29, 0.717) is 12.2 Å². The van der Waals surface area contributed by atoms with Crippen molar-refractivity contribution in [3.8, 4) is 0 Å². The highest BCUT2D eigenvalue weighted by molar-refractivity contribution is 5.82. The number of carbonyl (C=O) groups is 1. The first-order valence-electron chi connectivity index (χ1n) is 6.53. The largest absolute Gasteiger partial charge is 0.394 e. The van der Waals surface area contributed by atoms with Gasteiger partial charge in [0.1, 0.15) is 5.78 Å². The summed E-state index contributed by atoms with van der Waals surface area (Å²) in [5.41, 5.74) is 0.0324. The van der Waals surface area contributed by atoms with Gasteiger partial charge in [-0.25, -0.2) is 0 Å². The lowest BCUT2D eigenvalue weighted by Gasteiger charge is -2.40. The maximum Gasteiger partial charge on any atom is 0.137 e. The molecule has 3 heteroatoms. The Morgan fingerprint density at radius 2 is 2.06 bits per heavy atom. The number of hydrogen-bond donors (Lipinski definition) is 1. The third kappa shape index (κ3) is 3.78. The Balaban J connectivity index is 2.64. The van der Waals surface area contributed by atoms with Gasteiger partial charge in [-0.15, -0.1) is 0 Å². The van der Waals surface area contributed by atoms with E-state index in [1.54, 1.807) is 0 Å². The number of likely N-dealkylation sites (N-methyl/N-ethyl adjacent to an activating group) is 1. The molecular formula is C14H27NO2. The van der Waals surface area contributed by atoms with Crippen molar-refractivity contribution in [1.82, 2.24) is 4.90 Å². The van der Waals surface area contributed by atoms with Crippen molar-refractivity contribution in [3.63, 3.8) is 0 Å². The average molecular weight is 241 g/mol. The number of ketones is 1. The second kappa shape index (κ2) is 5.07. The molecule has 1 atom stereocenters. The zero-order valence-corrected chi connectivity index (χ0v) is 11.9. The van der Waals surface area contributed by atoms with E-state index in [-0.39, 0.29) is 23.5 Å². The third-order valence-corrected chi connectivity index (χ3v) is 4.22. The van der Waals surface area contributed by atoms with Gasteiger partial charge >= 0.3 is 0 Å². The number of aliphatic hydroxyl groups is 1. The van der Waals surface area contributed by atoms with Gasteiger partial charge in [-0.2, -0.15) is 0 Å². The quantitative estimate of drug-likeness (QED) is 0.819. The predicted molar refractivity (Wildman–Crippen MR) is 69.9 cm³/mol. The highest BCUT2D eigenvalue weighted by atomic mass is 16.3. The molecule has 0 spiro atoms. The van der Waals surface area contributed by atoms with Crippen LogP contribution in [0.2, 0.25) is 0 Å². The van der Waals surface area contributed by atoms with Crippen LogP contribution in [-0.4, -0.2) is 41.5 Å². The summed E-state index contributed by atoms with van der Waals surface area (Å²) in [6.07, 6.45) is 2.69. The van der Waals surface area contributed by atoms with E-state index < -0.39 is 0 Å². The Labute approximate surface area is 105 Å². The van der Waals surface area contributed by atoms with Crippen LogP contribution in [0.5, 0.6) is 0 Å². The number of Topliss-reactive ketones (excluding diaryl/α,β-unsaturated/α-hetero) is 1. The van der Waals surface area contributed by atoms with Crippen LogP contribution in [-0.2, 0) is 4.79 Å². The number of rotatable bonds is 4. The molecule has 1 N–H and O–H groups in total. The Hall–Kier alpha value is -0.410. The molecule has 100 valence electrons. The number of aliphatic hydroxyl groups excluding tert-OH is 1. The molecule has 17 heavy (non-hydrogen) atoms. The summed E-state index contributed by atoms with van der Waals surface area (Å²) in [7, 11) is 1.99. The minimum atomic E-state index is -0.248. The van der Waals surface area contributed by atoms with Crippen LogP contribution >= 0.6 is 0 Å². The maximum absolute atomic E-state index is 11.9.